The molecule has 2 rings (SSSR count). The van der Waals surface area contributed by atoms with Gasteiger partial charge in [0.2, 0.25) is 0 Å². The van der Waals surface area contributed by atoms with E-state index in [4.69, 9.17) is 0 Å². The van der Waals surface area contributed by atoms with Gasteiger partial charge in [0.15, 0.2) is 5.16 Å². The van der Waals surface area contributed by atoms with Gasteiger partial charge in [-0.1, -0.05) is 24.6 Å². The normalized spacial score (nSPS) is 17.4. The Morgan fingerprint density at radius 3 is 2.45 bits per heavy atom. The first-order valence-corrected chi connectivity index (χ1v) is 8.34. The maximum atomic E-state index is 4.53. The molecule has 1 aliphatic carbocycles. The van der Waals surface area contributed by atoms with E-state index >= 15 is 0 Å². The first kappa shape index (κ1) is 15.4. The largest absolute Gasteiger partial charge is 0.373 e. The van der Waals surface area contributed by atoms with Gasteiger partial charge in [-0.15, -0.1) is 0 Å². The first-order valence-electron chi connectivity index (χ1n) is 7.12. The number of aromatic nitrogens is 2. The van der Waals surface area contributed by atoms with Gasteiger partial charge in [-0.2, -0.15) is 0 Å². The fraction of sp³-hybridized carbons (Fsp3) is 0.714. The quantitative estimate of drug-likeness (QED) is 0.621. The average molecular weight is 295 g/mol. The molecule has 0 amide bonds. The van der Waals surface area contributed by atoms with E-state index < -0.39 is 0 Å². The molecule has 1 aromatic heterocycles. The van der Waals surface area contributed by atoms with Crippen molar-refractivity contribution < 1.29 is 0 Å². The summed E-state index contributed by atoms with van der Waals surface area (Å²) in [7, 11) is 6.24. The number of hydrogen-bond donors (Lipinski definition) is 2. The summed E-state index contributed by atoms with van der Waals surface area (Å²) in [6.07, 6.45) is 7.15. The molecule has 1 heterocycles. The fourth-order valence-electron chi connectivity index (χ4n) is 2.81. The highest BCUT2D eigenvalue weighted by atomic mass is 32.2. The molecular weight excluding hydrogens is 270 g/mol. The van der Waals surface area contributed by atoms with Crippen LogP contribution in [0, 0.1) is 0 Å². The highest BCUT2D eigenvalue weighted by molar-refractivity contribution is 7.98. The summed E-state index contributed by atoms with van der Waals surface area (Å²) in [4.78, 5) is 11.3. The molecule has 1 fully saturated rings. The molecule has 0 aromatic carbocycles. The fourth-order valence-corrected chi connectivity index (χ4v) is 3.18. The van der Waals surface area contributed by atoms with Crippen molar-refractivity contribution in [2.45, 2.75) is 36.4 Å². The Balaban J connectivity index is 2.09. The summed E-state index contributed by atoms with van der Waals surface area (Å²) in [5, 5.41) is 7.40. The van der Waals surface area contributed by atoms with Crippen LogP contribution in [0.1, 0.15) is 25.7 Å². The Labute approximate surface area is 125 Å². The lowest BCUT2D eigenvalue weighted by molar-refractivity contribution is 0.172. The van der Waals surface area contributed by atoms with Gasteiger partial charge in [0, 0.05) is 25.2 Å². The predicted octanol–water partition coefficient (Wildman–Crippen LogP) is 2.53. The van der Waals surface area contributed by atoms with Crippen molar-refractivity contribution in [3.63, 3.8) is 0 Å². The van der Waals surface area contributed by atoms with E-state index in [-0.39, 0.29) is 5.54 Å². The van der Waals surface area contributed by atoms with Crippen LogP contribution in [-0.4, -0.2) is 54.4 Å². The number of likely N-dealkylation sites (N-methyl/N-ethyl adjacent to an activating group) is 1. The van der Waals surface area contributed by atoms with E-state index in [1.165, 1.54) is 25.7 Å². The molecule has 20 heavy (non-hydrogen) atoms. The molecule has 0 saturated heterocycles. The van der Waals surface area contributed by atoms with Gasteiger partial charge < -0.3 is 15.5 Å². The van der Waals surface area contributed by atoms with E-state index in [1.807, 2.05) is 19.4 Å². The zero-order valence-electron chi connectivity index (χ0n) is 12.9. The van der Waals surface area contributed by atoms with Gasteiger partial charge in [0.05, 0.1) is 0 Å². The van der Waals surface area contributed by atoms with Crippen LogP contribution in [0.5, 0.6) is 0 Å². The van der Waals surface area contributed by atoms with Crippen molar-refractivity contribution in [3.8, 4) is 0 Å². The summed E-state index contributed by atoms with van der Waals surface area (Å²) in [6.45, 7) is 0.938. The highest BCUT2D eigenvalue weighted by Crippen LogP contribution is 2.34. The Kier molecular flexibility index (Phi) is 5.10. The number of anilines is 2. The van der Waals surface area contributed by atoms with E-state index in [1.54, 1.807) is 11.8 Å². The SMILES string of the molecule is CNc1cc(NCC2(N(C)C)CCCC2)nc(SC)n1. The second kappa shape index (κ2) is 6.63. The van der Waals surface area contributed by atoms with E-state index in [0.29, 0.717) is 0 Å². The minimum absolute atomic E-state index is 0.268. The zero-order chi connectivity index (χ0) is 14.6. The van der Waals surface area contributed by atoms with Crippen molar-refractivity contribution in [2.24, 2.45) is 0 Å². The number of hydrogen-bond acceptors (Lipinski definition) is 6. The van der Waals surface area contributed by atoms with Crippen molar-refractivity contribution in [1.29, 1.82) is 0 Å². The molecule has 5 nitrogen and oxygen atoms in total. The van der Waals surface area contributed by atoms with Gasteiger partial charge in [0.25, 0.3) is 0 Å². The van der Waals surface area contributed by atoms with Gasteiger partial charge in [-0.05, 0) is 33.2 Å². The van der Waals surface area contributed by atoms with Gasteiger partial charge in [-0.25, -0.2) is 9.97 Å². The molecule has 0 unspecified atom stereocenters. The van der Waals surface area contributed by atoms with E-state index in [0.717, 1.165) is 23.3 Å². The maximum Gasteiger partial charge on any atom is 0.191 e. The molecular formula is C14H25N5S. The maximum absolute atomic E-state index is 4.53. The molecule has 1 aliphatic rings. The van der Waals surface area contributed by atoms with Crippen LogP contribution in [0.4, 0.5) is 11.6 Å². The standard InChI is InChI=1S/C14H25N5S/c1-15-11-9-12(18-13(17-11)20-4)16-10-14(19(2)3)7-5-6-8-14/h9H,5-8,10H2,1-4H3,(H2,15,16,17,18). The molecule has 6 heteroatoms. The van der Waals surface area contributed by atoms with Crippen LogP contribution in [0.15, 0.2) is 11.2 Å². The number of nitrogens with zero attached hydrogens (tertiary/aromatic N) is 3. The highest BCUT2D eigenvalue weighted by Gasteiger charge is 2.35. The lowest BCUT2D eigenvalue weighted by atomic mass is 9.96. The summed E-state index contributed by atoms with van der Waals surface area (Å²) in [5.74, 6) is 1.76. The van der Waals surface area contributed by atoms with E-state index in [9.17, 15) is 0 Å². The monoisotopic (exact) mass is 295 g/mol. The van der Waals surface area contributed by atoms with E-state index in [2.05, 4.69) is 39.6 Å². The lowest BCUT2D eigenvalue weighted by Gasteiger charge is -2.36. The molecule has 1 saturated carbocycles. The molecule has 0 spiro atoms. The zero-order valence-corrected chi connectivity index (χ0v) is 13.7. The molecule has 112 valence electrons. The second-order valence-corrected chi connectivity index (χ2v) is 6.33. The van der Waals surface area contributed by atoms with Crippen molar-refractivity contribution in [2.75, 3.05) is 44.6 Å². The van der Waals surface area contributed by atoms with Crippen LogP contribution < -0.4 is 10.6 Å². The van der Waals surface area contributed by atoms with Gasteiger partial charge in [-0.3, -0.25) is 0 Å². The summed E-state index contributed by atoms with van der Waals surface area (Å²) in [6, 6.07) is 1.97. The molecule has 0 atom stereocenters. The third-order valence-corrected chi connectivity index (χ3v) is 4.77. The minimum Gasteiger partial charge on any atom is -0.373 e. The lowest BCUT2D eigenvalue weighted by Crippen LogP contribution is -2.47. The van der Waals surface area contributed by atoms with Crippen molar-refractivity contribution >= 4 is 23.4 Å². The topological polar surface area (TPSA) is 53.1 Å². The molecule has 2 N–H and O–H groups in total. The molecule has 1 aromatic rings. The summed E-state index contributed by atoms with van der Waals surface area (Å²) in [5.41, 5.74) is 0.268. The number of rotatable bonds is 6. The van der Waals surface area contributed by atoms with Gasteiger partial charge >= 0.3 is 0 Å². The van der Waals surface area contributed by atoms with Crippen molar-refractivity contribution in [3.05, 3.63) is 6.07 Å². The van der Waals surface area contributed by atoms with Crippen LogP contribution in [0.25, 0.3) is 0 Å². The smallest absolute Gasteiger partial charge is 0.191 e. The van der Waals surface area contributed by atoms with Crippen molar-refractivity contribution in [1.82, 2.24) is 14.9 Å². The average Bonchev–Trinajstić information content (AvgIpc) is 2.95. The Bertz CT molecular complexity index is 421. The second-order valence-electron chi connectivity index (χ2n) is 5.55. The van der Waals surface area contributed by atoms with Crippen LogP contribution in [0.3, 0.4) is 0 Å². The Hall–Kier alpha value is -1.01. The summed E-state index contributed by atoms with van der Waals surface area (Å²) >= 11 is 1.56. The first-order chi connectivity index (χ1) is 9.59. The summed E-state index contributed by atoms with van der Waals surface area (Å²) < 4.78 is 0. The number of nitrogens with one attached hydrogen (secondary N) is 2. The third-order valence-electron chi connectivity index (χ3n) is 4.23. The number of thioether (sulfide) groups is 1. The van der Waals surface area contributed by atoms with Gasteiger partial charge in [0.1, 0.15) is 11.6 Å². The Morgan fingerprint density at radius 2 is 1.90 bits per heavy atom. The molecule has 0 bridgehead atoms. The molecule has 0 radical (unpaired) electrons. The molecule has 0 aliphatic heterocycles. The van der Waals surface area contributed by atoms with Crippen LogP contribution >= 0.6 is 11.8 Å². The third kappa shape index (κ3) is 3.35. The van der Waals surface area contributed by atoms with Crippen LogP contribution in [0.2, 0.25) is 0 Å². The minimum atomic E-state index is 0.268. The predicted molar refractivity (Wildman–Crippen MR) is 86.7 cm³/mol. The Morgan fingerprint density at radius 1 is 1.25 bits per heavy atom. The van der Waals surface area contributed by atoms with Crippen LogP contribution in [-0.2, 0) is 0 Å².